The maximum Gasteiger partial charge on any atom is 0.231 e. The number of carbonyl (C=O) groups excluding carboxylic acids is 1. The zero-order valence-electron chi connectivity index (χ0n) is 12.7. The summed E-state index contributed by atoms with van der Waals surface area (Å²) in [5.41, 5.74) is 2.35. The number of hydrogen-bond acceptors (Lipinski definition) is 4. The van der Waals surface area contributed by atoms with Crippen molar-refractivity contribution in [2.45, 2.75) is 12.8 Å². The van der Waals surface area contributed by atoms with Crippen LogP contribution in [0, 0.1) is 5.92 Å². The minimum Gasteiger partial charge on any atom is -0.340 e. The predicted molar refractivity (Wildman–Crippen MR) is 92.6 cm³/mol. The van der Waals surface area contributed by atoms with Crippen LogP contribution in [-0.4, -0.2) is 35.5 Å². The van der Waals surface area contributed by atoms with E-state index in [1.54, 1.807) is 12.4 Å². The number of halogens is 1. The number of benzene rings is 1. The fourth-order valence-electron chi connectivity index (χ4n) is 3.40. The average Bonchev–Trinajstić information content (AvgIpc) is 3.22. The zero-order valence-corrected chi connectivity index (χ0v) is 14.2. The average molecular weight is 373 g/mol. The third-order valence-electron chi connectivity index (χ3n) is 4.58. The van der Waals surface area contributed by atoms with Gasteiger partial charge < -0.3 is 9.80 Å². The van der Waals surface area contributed by atoms with E-state index in [0.717, 1.165) is 36.1 Å². The molecule has 1 saturated heterocycles. The Hall–Kier alpha value is -1.95. The molecule has 0 bridgehead atoms. The lowest BCUT2D eigenvalue weighted by atomic mass is 10.1. The molecule has 1 atom stereocenters. The molecule has 0 N–H and O–H groups in total. The lowest BCUT2D eigenvalue weighted by Crippen LogP contribution is -2.36. The van der Waals surface area contributed by atoms with Crippen LogP contribution in [-0.2, 0) is 11.2 Å². The van der Waals surface area contributed by atoms with E-state index in [2.05, 4.69) is 36.9 Å². The summed E-state index contributed by atoms with van der Waals surface area (Å²) >= 11 is 3.34. The van der Waals surface area contributed by atoms with E-state index in [1.165, 1.54) is 5.56 Å². The van der Waals surface area contributed by atoms with Crippen LogP contribution in [0.25, 0.3) is 0 Å². The van der Waals surface area contributed by atoms with Crippen molar-refractivity contribution in [2.75, 3.05) is 29.4 Å². The Kier molecular flexibility index (Phi) is 3.77. The molecule has 2 aliphatic heterocycles. The maximum absolute atomic E-state index is 12.9. The number of para-hydroxylation sites is 1. The molecule has 4 rings (SSSR count). The summed E-state index contributed by atoms with van der Waals surface area (Å²) in [6.07, 6.45) is 5.30. The van der Waals surface area contributed by atoms with Gasteiger partial charge >= 0.3 is 0 Å². The topological polar surface area (TPSA) is 49.3 Å². The summed E-state index contributed by atoms with van der Waals surface area (Å²) in [5.74, 6) is 0.952. The minimum absolute atomic E-state index is 0.0217. The predicted octanol–water partition coefficient (Wildman–Crippen LogP) is 2.65. The number of amides is 1. The summed E-state index contributed by atoms with van der Waals surface area (Å²) in [5, 5.41) is 0. The van der Waals surface area contributed by atoms with Gasteiger partial charge in [-0.15, -0.1) is 0 Å². The van der Waals surface area contributed by atoms with Gasteiger partial charge in [-0.05, 0) is 40.4 Å². The molecule has 1 aromatic carbocycles. The Morgan fingerprint density at radius 1 is 1.17 bits per heavy atom. The molecule has 0 spiro atoms. The molecular formula is C17H17BrN4O. The molecule has 1 amide bonds. The third-order valence-corrected chi connectivity index (χ3v) is 4.99. The Bertz CT molecular complexity index is 734. The molecule has 2 aromatic rings. The summed E-state index contributed by atoms with van der Waals surface area (Å²) in [7, 11) is 0. The van der Waals surface area contributed by atoms with E-state index in [-0.39, 0.29) is 11.8 Å². The van der Waals surface area contributed by atoms with Crippen LogP contribution in [0.15, 0.2) is 41.1 Å². The van der Waals surface area contributed by atoms with Crippen molar-refractivity contribution in [1.29, 1.82) is 0 Å². The first-order valence-electron chi connectivity index (χ1n) is 7.84. The number of carbonyl (C=O) groups is 1. The van der Waals surface area contributed by atoms with Gasteiger partial charge in [-0.2, -0.15) is 0 Å². The quantitative estimate of drug-likeness (QED) is 0.812. The van der Waals surface area contributed by atoms with Gasteiger partial charge in [0.1, 0.15) is 0 Å². The molecule has 2 aliphatic rings. The van der Waals surface area contributed by atoms with Gasteiger partial charge in [-0.3, -0.25) is 4.79 Å². The van der Waals surface area contributed by atoms with Crippen LogP contribution >= 0.6 is 15.9 Å². The second kappa shape index (κ2) is 5.92. The van der Waals surface area contributed by atoms with Gasteiger partial charge in [0, 0.05) is 37.7 Å². The Morgan fingerprint density at radius 2 is 1.96 bits per heavy atom. The number of hydrogen-bond donors (Lipinski definition) is 0. The van der Waals surface area contributed by atoms with E-state index >= 15 is 0 Å². The zero-order chi connectivity index (χ0) is 15.8. The van der Waals surface area contributed by atoms with Gasteiger partial charge in [0.15, 0.2) is 0 Å². The first-order valence-corrected chi connectivity index (χ1v) is 8.63. The Morgan fingerprint density at radius 3 is 2.78 bits per heavy atom. The highest BCUT2D eigenvalue weighted by Crippen LogP contribution is 2.31. The van der Waals surface area contributed by atoms with Crippen molar-refractivity contribution in [3.05, 3.63) is 46.7 Å². The standard InChI is InChI=1S/C17H17BrN4O/c18-14-9-19-17(20-10-14)21-7-5-13(11-21)16(23)22-8-6-12-3-1-2-4-15(12)22/h1-4,9-10,13H,5-8,11H2. The molecular weight excluding hydrogens is 356 g/mol. The van der Waals surface area contributed by atoms with Crippen LogP contribution in [0.3, 0.4) is 0 Å². The van der Waals surface area contributed by atoms with Gasteiger partial charge in [-0.1, -0.05) is 18.2 Å². The molecule has 0 aliphatic carbocycles. The summed E-state index contributed by atoms with van der Waals surface area (Å²) < 4.78 is 0.863. The summed E-state index contributed by atoms with van der Waals surface area (Å²) in [6, 6.07) is 8.19. The Labute approximate surface area is 143 Å². The lowest BCUT2D eigenvalue weighted by molar-refractivity contribution is -0.121. The second-order valence-corrected chi connectivity index (χ2v) is 6.92. The van der Waals surface area contributed by atoms with E-state index in [4.69, 9.17) is 0 Å². The van der Waals surface area contributed by atoms with E-state index in [0.29, 0.717) is 12.5 Å². The normalized spacial score (nSPS) is 20.0. The highest BCUT2D eigenvalue weighted by Gasteiger charge is 2.35. The molecule has 0 radical (unpaired) electrons. The van der Waals surface area contributed by atoms with Crippen molar-refractivity contribution in [2.24, 2.45) is 5.92 Å². The molecule has 3 heterocycles. The molecule has 118 valence electrons. The molecule has 23 heavy (non-hydrogen) atoms. The number of rotatable bonds is 2. The van der Waals surface area contributed by atoms with Crippen LogP contribution < -0.4 is 9.80 Å². The monoisotopic (exact) mass is 372 g/mol. The van der Waals surface area contributed by atoms with Gasteiger partial charge in [0.2, 0.25) is 11.9 Å². The van der Waals surface area contributed by atoms with Crippen LogP contribution in [0.5, 0.6) is 0 Å². The SMILES string of the molecule is O=C(C1CCN(c2ncc(Br)cn2)C1)N1CCc2ccccc21. The van der Waals surface area contributed by atoms with Crippen LogP contribution in [0.1, 0.15) is 12.0 Å². The van der Waals surface area contributed by atoms with Gasteiger partial charge in [-0.25, -0.2) is 9.97 Å². The number of fused-ring (bicyclic) bond motifs is 1. The summed E-state index contributed by atoms with van der Waals surface area (Å²) in [6.45, 7) is 2.32. The molecule has 1 aromatic heterocycles. The lowest BCUT2D eigenvalue weighted by Gasteiger charge is -2.21. The van der Waals surface area contributed by atoms with Crippen molar-refractivity contribution in [3.63, 3.8) is 0 Å². The fraction of sp³-hybridized carbons (Fsp3) is 0.353. The Balaban J connectivity index is 1.48. The third kappa shape index (κ3) is 2.72. The first-order chi connectivity index (χ1) is 11.2. The largest absolute Gasteiger partial charge is 0.340 e. The number of nitrogens with zero attached hydrogens (tertiary/aromatic N) is 4. The molecule has 5 nitrogen and oxygen atoms in total. The van der Waals surface area contributed by atoms with E-state index in [1.807, 2.05) is 23.1 Å². The van der Waals surface area contributed by atoms with Gasteiger partial charge in [0.25, 0.3) is 0 Å². The molecule has 1 unspecified atom stereocenters. The highest BCUT2D eigenvalue weighted by molar-refractivity contribution is 9.10. The van der Waals surface area contributed by atoms with Crippen molar-refractivity contribution in [1.82, 2.24) is 9.97 Å². The van der Waals surface area contributed by atoms with Gasteiger partial charge in [0.05, 0.1) is 10.4 Å². The van der Waals surface area contributed by atoms with Crippen molar-refractivity contribution in [3.8, 4) is 0 Å². The second-order valence-electron chi connectivity index (χ2n) is 6.00. The smallest absolute Gasteiger partial charge is 0.231 e. The van der Waals surface area contributed by atoms with E-state index in [9.17, 15) is 4.79 Å². The van der Waals surface area contributed by atoms with Crippen LogP contribution in [0.2, 0.25) is 0 Å². The molecule has 1 fully saturated rings. The molecule has 0 saturated carbocycles. The van der Waals surface area contributed by atoms with E-state index < -0.39 is 0 Å². The van der Waals surface area contributed by atoms with Crippen molar-refractivity contribution < 1.29 is 4.79 Å². The maximum atomic E-state index is 12.9. The van der Waals surface area contributed by atoms with Crippen molar-refractivity contribution >= 4 is 33.5 Å². The highest BCUT2D eigenvalue weighted by atomic mass is 79.9. The number of aromatic nitrogens is 2. The minimum atomic E-state index is 0.0217. The fourth-order valence-corrected chi connectivity index (χ4v) is 3.60. The first kappa shape index (κ1) is 14.6. The van der Waals surface area contributed by atoms with Crippen LogP contribution in [0.4, 0.5) is 11.6 Å². The summed E-state index contributed by atoms with van der Waals surface area (Å²) in [4.78, 5) is 25.6. The molecule has 6 heteroatoms. The number of anilines is 2.